The van der Waals surface area contributed by atoms with Gasteiger partial charge in [-0.25, -0.2) is 0 Å². The molecule has 0 unspecified atom stereocenters. The van der Waals surface area contributed by atoms with Crippen LogP contribution < -0.4 is 0 Å². The standard InChI is InChI=1S/C10H8O.Cu.S/c11-10-7-3-5-8-4-1-2-6-9(8)10;;/h1-7,11H;;/q;+2;-2. The topological polar surface area (TPSA) is 20.2 Å². The van der Waals surface area contributed by atoms with E-state index in [9.17, 15) is 5.11 Å². The predicted molar refractivity (Wildman–Crippen MR) is 53.0 cm³/mol. The number of phenols is 1. The molecule has 0 aromatic heterocycles. The predicted octanol–water partition coefficient (Wildman–Crippen LogP) is 2.54. The maximum Gasteiger partial charge on any atom is 2.00 e. The average Bonchev–Trinajstić information content (AvgIpc) is 2.06. The van der Waals surface area contributed by atoms with E-state index >= 15 is 0 Å². The Morgan fingerprint density at radius 1 is 0.846 bits per heavy atom. The number of hydrogen-bond donors (Lipinski definition) is 1. The van der Waals surface area contributed by atoms with Gasteiger partial charge in [0.25, 0.3) is 0 Å². The summed E-state index contributed by atoms with van der Waals surface area (Å²) in [6, 6.07) is 13.3. The van der Waals surface area contributed by atoms with Gasteiger partial charge in [0.15, 0.2) is 0 Å². The minimum atomic E-state index is 0. The Bertz CT molecular complexity index is 384. The van der Waals surface area contributed by atoms with Gasteiger partial charge in [-0.2, -0.15) is 0 Å². The van der Waals surface area contributed by atoms with Gasteiger partial charge < -0.3 is 18.6 Å². The van der Waals surface area contributed by atoms with Crippen LogP contribution in [0.4, 0.5) is 0 Å². The quantitative estimate of drug-likeness (QED) is 0.701. The average molecular weight is 240 g/mol. The minimum absolute atomic E-state index is 0. The van der Waals surface area contributed by atoms with E-state index in [4.69, 9.17) is 0 Å². The van der Waals surface area contributed by atoms with Gasteiger partial charge in [0, 0.05) is 5.39 Å². The third kappa shape index (κ3) is 2.41. The zero-order chi connectivity index (χ0) is 7.68. The molecule has 2 aromatic carbocycles. The maximum absolute atomic E-state index is 9.37. The van der Waals surface area contributed by atoms with E-state index in [2.05, 4.69) is 0 Å². The monoisotopic (exact) mass is 239 g/mol. The molecule has 13 heavy (non-hydrogen) atoms. The third-order valence-corrected chi connectivity index (χ3v) is 1.77. The van der Waals surface area contributed by atoms with E-state index in [0.29, 0.717) is 5.75 Å². The van der Waals surface area contributed by atoms with Crippen LogP contribution in [0.15, 0.2) is 42.5 Å². The smallest absolute Gasteiger partial charge is 2.00 e. The molecule has 0 aliphatic rings. The maximum atomic E-state index is 9.37. The Morgan fingerprint density at radius 3 is 2.15 bits per heavy atom. The number of fused-ring (bicyclic) bond motifs is 1. The van der Waals surface area contributed by atoms with Crippen molar-refractivity contribution in [2.75, 3.05) is 0 Å². The molecule has 0 saturated carbocycles. The molecule has 0 aliphatic heterocycles. The van der Waals surface area contributed by atoms with Gasteiger partial charge in [0.1, 0.15) is 5.75 Å². The molecule has 0 amide bonds. The summed E-state index contributed by atoms with van der Waals surface area (Å²) in [6.07, 6.45) is 0. The van der Waals surface area contributed by atoms with Gasteiger partial charge in [-0.1, -0.05) is 36.4 Å². The number of hydrogen-bond acceptors (Lipinski definition) is 1. The molecule has 1 nitrogen and oxygen atoms in total. The second-order valence-electron chi connectivity index (χ2n) is 2.50. The molecule has 0 aliphatic carbocycles. The first kappa shape index (κ1) is 12.4. The van der Waals surface area contributed by atoms with Crippen LogP contribution in [0, 0.1) is 0 Å². The molecule has 1 N–H and O–H groups in total. The molecule has 0 bridgehead atoms. The first-order valence-corrected chi connectivity index (χ1v) is 3.54. The SMILES string of the molecule is Oc1cccc2ccccc12.[Cu+2].[S-2]. The Kier molecular flexibility index (Phi) is 4.92. The van der Waals surface area contributed by atoms with Gasteiger partial charge in [-0.05, 0) is 11.5 Å². The second kappa shape index (κ2) is 5.18. The Balaban J connectivity index is 0.000000720. The Hall–Kier alpha value is -0.631. The fourth-order valence-corrected chi connectivity index (χ4v) is 1.21. The Morgan fingerprint density at radius 2 is 1.46 bits per heavy atom. The molecule has 1 radical (unpaired) electrons. The molecule has 0 atom stereocenters. The summed E-state index contributed by atoms with van der Waals surface area (Å²) in [4.78, 5) is 0. The summed E-state index contributed by atoms with van der Waals surface area (Å²) in [5.41, 5.74) is 0. The zero-order valence-corrected chi connectivity index (χ0v) is 8.46. The first-order valence-electron chi connectivity index (χ1n) is 3.54. The summed E-state index contributed by atoms with van der Waals surface area (Å²) in [6.45, 7) is 0. The molecule has 0 saturated heterocycles. The van der Waals surface area contributed by atoms with Crippen molar-refractivity contribution in [3.05, 3.63) is 42.5 Å². The molecule has 71 valence electrons. The summed E-state index contributed by atoms with van der Waals surface area (Å²) in [5.74, 6) is 0.350. The first-order chi connectivity index (χ1) is 5.38. The van der Waals surface area contributed by atoms with Crippen molar-refractivity contribution in [1.29, 1.82) is 0 Å². The summed E-state index contributed by atoms with van der Waals surface area (Å²) in [5, 5.41) is 11.4. The number of benzene rings is 2. The van der Waals surface area contributed by atoms with Crippen LogP contribution in [0.25, 0.3) is 10.8 Å². The van der Waals surface area contributed by atoms with Crippen molar-refractivity contribution in [2.24, 2.45) is 0 Å². The van der Waals surface area contributed by atoms with Crippen molar-refractivity contribution < 1.29 is 22.2 Å². The van der Waals surface area contributed by atoms with Gasteiger partial charge in [-0.15, -0.1) is 0 Å². The summed E-state index contributed by atoms with van der Waals surface area (Å²) >= 11 is 0. The zero-order valence-electron chi connectivity index (χ0n) is 6.70. The molecular formula is C10H8CuOS. The summed E-state index contributed by atoms with van der Waals surface area (Å²) in [7, 11) is 0. The van der Waals surface area contributed by atoms with E-state index in [1.165, 1.54) is 0 Å². The number of phenolic OH excluding ortho intramolecular Hbond substituents is 1. The van der Waals surface area contributed by atoms with Gasteiger partial charge >= 0.3 is 17.1 Å². The normalized spacial score (nSPS) is 8.62. The van der Waals surface area contributed by atoms with Gasteiger partial charge in [-0.3, -0.25) is 0 Å². The van der Waals surface area contributed by atoms with Crippen LogP contribution in [0.3, 0.4) is 0 Å². The fourth-order valence-electron chi connectivity index (χ4n) is 1.21. The molecule has 3 heteroatoms. The van der Waals surface area contributed by atoms with Gasteiger partial charge in [0.05, 0.1) is 0 Å². The van der Waals surface area contributed by atoms with Crippen LogP contribution >= 0.6 is 0 Å². The van der Waals surface area contributed by atoms with E-state index < -0.39 is 0 Å². The van der Waals surface area contributed by atoms with Gasteiger partial charge in [0.2, 0.25) is 0 Å². The summed E-state index contributed by atoms with van der Waals surface area (Å²) < 4.78 is 0. The van der Waals surface area contributed by atoms with Crippen molar-refractivity contribution in [3.63, 3.8) is 0 Å². The van der Waals surface area contributed by atoms with E-state index in [1.54, 1.807) is 6.07 Å². The fraction of sp³-hybridized carbons (Fsp3) is 0. The van der Waals surface area contributed by atoms with Crippen LogP contribution in [0.2, 0.25) is 0 Å². The molecule has 0 fully saturated rings. The molecule has 2 rings (SSSR count). The van der Waals surface area contributed by atoms with Crippen molar-refractivity contribution in [3.8, 4) is 5.75 Å². The van der Waals surface area contributed by atoms with E-state index in [1.807, 2.05) is 36.4 Å². The molecule has 2 aromatic rings. The van der Waals surface area contributed by atoms with Crippen molar-refractivity contribution in [1.82, 2.24) is 0 Å². The third-order valence-electron chi connectivity index (χ3n) is 1.77. The van der Waals surface area contributed by atoms with E-state index in [0.717, 1.165) is 10.8 Å². The minimum Gasteiger partial charge on any atom is -2.00 e. The molecular weight excluding hydrogens is 232 g/mol. The van der Waals surface area contributed by atoms with Crippen LogP contribution in [0.5, 0.6) is 5.75 Å². The largest absolute Gasteiger partial charge is 2.00 e. The number of aromatic hydroxyl groups is 1. The van der Waals surface area contributed by atoms with Crippen molar-refractivity contribution in [2.45, 2.75) is 0 Å². The Labute approximate surface area is 94.7 Å². The second-order valence-corrected chi connectivity index (χ2v) is 2.50. The number of rotatable bonds is 0. The van der Waals surface area contributed by atoms with E-state index in [-0.39, 0.29) is 30.6 Å². The van der Waals surface area contributed by atoms with Crippen LogP contribution in [-0.4, -0.2) is 5.11 Å². The molecule has 0 spiro atoms. The molecule has 0 heterocycles. The van der Waals surface area contributed by atoms with Crippen LogP contribution in [0.1, 0.15) is 0 Å². The van der Waals surface area contributed by atoms with Crippen molar-refractivity contribution >= 4 is 24.3 Å². The van der Waals surface area contributed by atoms with Crippen LogP contribution in [-0.2, 0) is 30.6 Å².